The average molecular weight is 1550 g/mol. The van der Waals surface area contributed by atoms with Crippen LogP contribution in [0.25, 0.3) is 54.3 Å². The zero-order valence-electron chi connectivity index (χ0n) is 61.6. The Labute approximate surface area is 643 Å². The smallest absolute Gasteiger partial charge is 0.274 e. The van der Waals surface area contributed by atoms with Gasteiger partial charge >= 0.3 is 0 Å². The van der Waals surface area contributed by atoms with E-state index in [4.69, 9.17) is 35.9 Å². The van der Waals surface area contributed by atoms with Crippen molar-refractivity contribution < 1.29 is 74.2 Å². The maximum Gasteiger partial charge on any atom is 0.274 e. The molecule has 0 bridgehead atoms. The standard InChI is InChI=1S/C20H21N3O3.C19H18N2O4.C11H10N2O4.C11H10N2O3.C10H8N2O3.C9H7N3O3/c1-20(2,3)15-7-4-13(5-8-15)11-23-12-21-17-9-6-14(18(24)22-26)10-16(17)19(23)25;1-25-16-6-2-13(3-7-16)8-10-21-11-9-14-4-5-15(18(22)20-24)12-17(14)19(21)23;1-13-9(14)5-7-4-6(10(15)12-17)2-3-8(7)11(13)16;1-13-5-4-7-2-3-8(10(14)12-16)6-9(7)11(13)15;13-4-9(14)6-1-2-8-7(3-6)10(15)12-5-11-8;13-8(12-15)5-1-2-6-7(3-5)10-4-11-9(6)14/h4-10,12,26H,11H2,1-3H3,(H,22,24);2-7,9,11-12,24H,8,10H2,1H3,(H,20,22);2-4,17H,5H2,1H3,(H,12,15);2-6,16H,1H3,(H,12,14);1-3,5,13H,4H2,(H,11,12,15);1-4,15H,(H,12,13)(H,10,11,14). The number of amides is 7. The van der Waals surface area contributed by atoms with E-state index in [1.165, 1.54) is 130 Å². The first-order valence-electron chi connectivity index (χ1n) is 34.2. The summed E-state index contributed by atoms with van der Waals surface area (Å²) < 4.78 is 9.69. The summed E-state index contributed by atoms with van der Waals surface area (Å²) >= 11 is 0. The number of aryl methyl sites for hydroxylation is 3. The van der Waals surface area contributed by atoms with Crippen LogP contribution in [0.3, 0.4) is 0 Å². The predicted molar refractivity (Wildman–Crippen MR) is 414 cm³/mol. The average Bonchev–Trinajstić information content (AvgIpc) is 0.767. The molecule has 13 N–H and O–H groups in total. The van der Waals surface area contributed by atoms with Gasteiger partial charge in [0, 0.05) is 82.8 Å². The summed E-state index contributed by atoms with van der Waals surface area (Å²) in [6.45, 7) is 6.81. The van der Waals surface area contributed by atoms with Crippen molar-refractivity contribution in [3.05, 3.63) is 314 Å². The highest BCUT2D eigenvalue weighted by molar-refractivity contribution is 6.10. The molecule has 34 nitrogen and oxygen atoms in total. The van der Waals surface area contributed by atoms with Crippen molar-refractivity contribution in [3.63, 3.8) is 0 Å². The Hall–Kier alpha value is -14.7. The number of aromatic amines is 2. The number of nitrogens with one attached hydrogen (secondary N) is 7. The van der Waals surface area contributed by atoms with E-state index in [0.29, 0.717) is 79.7 Å². The van der Waals surface area contributed by atoms with Crippen molar-refractivity contribution in [1.82, 2.24) is 70.9 Å². The Balaban J connectivity index is 0.000000159. The second-order valence-electron chi connectivity index (χ2n) is 26.1. The van der Waals surface area contributed by atoms with Crippen molar-refractivity contribution in [3.8, 4) is 5.75 Å². The number of fused-ring (bicyclic) bond motifs is 6. The van der Waals surface area contributed by atoms with Crippen LogP contribution < -0.4 is 59.9 Å². The highest BCUT2D eigenvalue weighted by Gasteiger charge is 2.29. The number of ketones is 1. The first kappa shape index (κ1) is 83.4. The lowest BCUT2D eigenvalue weighted by molar-refractivity contribution is -0.127. The van der Waals surface area contributed by atoms with Gasteiger partial charge in [-0.15, -0.1) is 0 Å². The van der Waals surface area contributed by atoms with E-state index in [2.05, 4.69) is 57.8 Å². The maximum atomic E-state index is 12.8. The fourth-order valence-corrected chi connectivity index (χ4v) is 11.4. The third kappa shape index (κ3) is 20.2. The number of benzene rings is 8. The van der Waals surface area contributed by atoms with Crippen LogP contribution in [0, 0.1) is 0 Å². The second kappa shape index (κ2) is 37.6. The Morgan fingerprint density at radius 1 is 0.474 bits per heavy atom. The van der Waals surface area contributed by atoms with E-state index in [1.54, 1.807) is 84.5 Å². The molecule has 0 aliphatic carbocycles. The maximum absolute atomic E-state index is 12.8. The summed E-state index contributed by atoms with van der Waals surface area (Å²) in [5.74, 6) is -3.58. The molecule has 0 fully saturated rings. The van der Waals surface area contributed by atoms with Crippen LogP contribution >= 0.6 is 0 Å². The van der Waals surface area contributed by atoms with Gasteiger partial charge in [-0.05, 0) is 166 Å². The van der Waals surface area contributed by atoms with Gasteiger partial charge < -0.3 is 28.9 Å². The van der Waals surface area contributed by atoms with Gasteiger partial charge in [-0.2, -0.15) is 0 Å². The van der Waals surface area contributed by atoms with Crippen LogP contribution in [0.2, 0.25) is 0 Å². The van der Waals surface area contributed by atoms with E-state index < -0.39 is 41.9 Å². The lowest BCUT2D eigenvalue weighted by atomic mass is 9.87. The molecule has 0 radical (unpaired) electrons. The zero-order valence-corrected chi connectivity index (χ0v) is 61.6. The number of likely N-dealkylation sites (N-methyl/N-ethyl adjacent to an activating group) is 1. The fraction of sp³-hybridized carbons (Fsp3) is 0.150. The molecule has 13 aromatic rings. The molecule has 0 atom stereocenters. The number of rotatable bonds is 13. The summed E-state index contributed by atoms with van der Waals surface area (Å²) in [6.07, 6.45) is 8.25. The van der Waals surface area contributed by atoms with E-state index >= 15 is 0 Å². The number of methoxy groups -OCH3 is 1. The number of nitrogens with zero attached hydrogens (tertiary/aromatic N) is 7. The minimum absolute atomic E-state index is 0.0730. The zero-order chi connectivity index (χ0) is 82.7. The van der Waals surface area contributed by atoms with E-state index in [9.17, 15) is 62.3 Å². The van der Waals surface area contributed by atoms with Gasteiger partial charge in [-0.25, -0.2) is 42.4 Å². The molecule has 14 rings (SSSR count). The SMILES string of the molecule is CC(C)(C)c1ccc(Cn2cnc3ccc(C(=O)NO)cc3c2=O)cc1.CN1C(=O)Cc2cc(C(=O)NO)ccc2C1=O.COc1ccc(CCn2ccc3ccc(C(=O)NO)cc3c2=O)cc1.Cn1ccc2ccc(C(=O)NO)cc2c1=O.O=C(CO)c1ccc2nc[nH]c(=O)c2c1.O=C(NO)c1ccc2c(=O)[nH]cnc2c1. The van der Waals surface area contributed by atoms with E-state index in [0.717, 1.165) is 32.5 Å². The number of hydroxylamine groups is 5. The number of imide groups is 1. The van der Waals surface area contributed by atoms with Crippen LogP contribution in [0.4, 0.5) is 0 Å². The number of hydrogen-bond acceptors (Lipinski definition) is 23. The van der Waals surface area contributed by atoms with Gasteiger partial charge in [0.2, 0.25) is 5.91 Å². The Morgan fingerprint density at radius 3 is 1.50 bits per heavy atom. The molecule has 5 aromatic heterocycles. The molecule has 8 aromatic carbocycles. The number of carbonyl (C=O) groups excluding carboxylic acids is 8. The number of aliphatic hydroxyl groups excluding tert-OH is 1. The monoisotopic (exact) mass is 1550 g/mol. The first-order valence-corrected chi connectivity index (χ1v) is 34.2. The lowest BCUT2D eigenvalue weighted by Gasteiger charge is -2.23. The van der Waals surface area contributed by atoms with Crippen LogP contribution in [0.15, 0.2) is 225 Å². The fourth-order valence-electron chi connectivity index (χ4n) is 11.4. The topological polar surface area (TPSA) is 501 Å². The van der Waals surface area contributed by atoms with Gasteiger partial charge in [0.15, 0.2) is 5.78 Å². The normalized spacial score (nSPS) is 11.3. The Bertz CT molecular complexity index is 6170. The van der Waals surface area contributed by atoms with Gasteiger partial charge in [0.1, 0.15) is 12.4 Å². The number of aromatic nitrogens is 8. The number of H-pyrrole nitrogens is 2. The van der Waals surface area contributed by atoms with E-state index in [1.807, 2.05) is 42.5 Å². The minimum Gasteiger partial charge on any atom is -0.497 e. The largest absolute Gasteiger partial charge is 0.497 e. The van der Waals surface area contributed by atoms with Crippen molar-refractivity contribution in [2.45, 2.75) is 52.1 Å². The molecule has 0 unspecified atom stereocenters. The molecule has 584 valence electrons. The van der Waals surface area contributed by atoms with Gasteiger partial charge in [-0.1, -0.05) is 69.3 Å². The first-order chi connectivity index (χ1) is 54.5. The van der Waals surface area contributed by atoms with Gasteiger partial charge in [0.25, 0.3) is 63.2 Å². The lowest BCUT2D eigenvalue weighted by Crippen LogP contribution is -2.39. The van der Waals surface area contributed by atoms with E-state index in [-0.39, 0.29) is 79.3 Å². The van der Waals surface area contributed by atoms with Crippen LogP contribution in [0.5, 0.6) is 5.75 Å². The molecule has 34 heteroatoms. The summed E-state index contributed by atoms with van der Waals surface area (Å²) in [4.78, 5) is 169. The predicted octanol–water partition coefficient (Wildman–Crippen LogP) is 5.99. The molecule has 6 heterocycles. The molecule has 7 amide bonds. The van der Waals surface area contributed by atoms with Crippen LogP contribution in [-0.4, -0.2) is 143 Å². The molecule has 0 spiro atoms. The number of carbonyl (C=O) groups is 8. The third-order valence-corrected chi connectivity index (χ3v) is 17.8. The molecular formula is C80H74N14O20. The number of hydrogen-bond donors (Lipinski definition) is 13. The summed E-state index contributed by atoms with van der Waals surface area (Å²) in [7, 11) is 4.68. The summed E-state index contributed by atoms with van der Waals surface area (Å²) in [5, 5.41) is 55.1. The molecule has 1 aliphatic heterocycles. The summed E-state index contributed by atoms with van der Waals surface area (Å²) in [5.41, 5.74) is 13.7. The number of pyridine rings is 2. The van der Waals surface area contributed by atoms with Crippen molar-refractivity contribution in [2.24, 2.45) is 7.05 Å². The van der Waals surface area contributed by atoms with Crippen LogP contribution in [-0.2, 0) is 43.2 Å². The quantitative estimate of drug-likeness (QED) is 0.0273. The molecule has 0 saturated heterocycles. The third-order valence-electron chi connectivity index (χ3n) is 17.8. The van der Waals surface area contributed by atoms with Crippen molar-refractivity contribution >= 4 is 101 Å². The Morgan fingerprint density at radius 2 is 0.939 bits per heavy atom. The highest BCUT2D eigenvalue weighted by atomic mass is 16.5. The Kier molecular flexibility index (Phi) is 27.5. The molecule has 1 aliphatic rings. The van der Waals surface area contributed by atoms with Crippen molar-refractivity contribution in [2.75, 3.05) is 20.8 Å². The summed E-state index contributed by atoms with van der Waals surface area (Å²) in [6, 6.07) is 46.7. The number of Topliss-reactive ketones (excluding diaryl/α,β-unsaturated/α-hetero) is 1. The molecule has 0 saturated carbocycles. The van der Waals surface area contributed by atoms with Crippen molar-refractivity contribution in [1.29, 1.82) is 0 Å². The number of ether oxygens (including phenoxy) is 1. The van der Waals surface area contributed by atoms with Crippen LogP contribution in [0.1, 0.15) is 116 Å². The van der Waals surface area contributed by atoms with Gasteiger partial charge in [0.05, 0.1) is 71.8 Å². The molecular weight excluding hydrogens is 1480 g/mol. The molecule has 114 heavy (non-hydrogen) atoms. The second-order valence-corrected chi connectivity index (χ2v) is 26.1. The number of aliphatic hydroxyl groups is 1. The van der Waals surface area contributed by atoms with Gasteiger partial charge in [-0.3, -0.25) is 97.8 Å². The minimum atomic E-state index is -0.674. The highest BCUT2D eigenvalue weighted by Crippen LogP contribution is 2.24.